The molecule has 0 aliphatic heterocycles. The molecule has 0 unspecified atom stereocenters. The zero-order valence-electron chi connectivity index (χ0n) is 13.2. The van der Waals surface area contributed by atoms with Gasteiger partial charge >= 0.3 is 11.8 Å². The lowest BCUT2D eigenvalue weighted by Crippen LogP contribution is -2.39. The highest BCUT2D eigenvalue weighted by atomic mass is 79.9. The molecule has 1 rings (SSSR count). The van der Waals surface area contributed by atoms with E-state index < -0.39 is 11.8 Å². The molecule has 1 aromatic carbocycles. The number of phenolic OH excluding ortho intramolecular Hbond substituents is 1. The first kappa shape index (κ1) is 19.0. The molecular formula is C15H20BrN3O4. The van der Waals surface area contributed by atoms with E-state index in [4.69, 9.17) is 4.74 Å². The summed E-state index contributed by atoms with van der Waals surface area (Å²) in [5, 5.41) is 16.0. The number of ether oxygens (including phenoxy) is 1. The van der Waals surface area contributed by atoms with Crippen LogP contribution in [0, 0.1) is 5.92 Å². The van der Waals surface area contributed by atoms with Crippen molar-refractivity contribution in [1.29, 1.82) is 0 Å². The summed E-state index contributed by atoms with van der Waals surface area (Å²) in [6.07, 6.45) is 1.35. The van der Waals surface area contributed by atoms with E-state index in [1.54, 1.807) is 19.1 Å². The molecule has 0 heterocycles. The molecule has 0 saturated heterocycles. The minimum Gasteiger partial charge on any atom is -0.503 e. The van der Waals surface area contributed by atoms with Gasteiger partial charge in [-0.2, -0.15) is 5.10 Å². The largest absolute Gasteiger partial charge is 0.503 e. The van der Waals surface area contributed by atoms with Gasteiger partial charge in [0.1, 0.15) is 0 Å². The van der Waals surface area contributed by atoms with E-state index in [-0.39, 0.29) is 11.7 Å². The molecule has 1 aromatic rings. The van der Waals surface area contributed by atoms with Crippen LogP contribution in [0.5, 0.6) is 11.5 Å². The Labute approximate surface area is 143 Å². The highest BCUT2D eigenvalue weighted by Crippen LogP contribution is 2.34. The number of nitrogens with zero attached hydrogens (tertiary/aromatic N) is 1. The minimum atomic E-state index is -0.843. The zero-order chi connectivity index (χ0) is 17.4. The average Bonchev–Trinajstić information content (AvgIpc) is 2.49. The summed E-state index contributed by atoms with van der Waals surface area (Å²) in [5.41, 5.74) is 2.72. The van der Waals surface area contributed by atoms with E-state index in [0.29, 0.717) is 28.9 Å². The summed E-state index contributed by atoms with van der Waals surface area (Å²) in [7, 11) is 0. The summed E-state index contributed by atoms with van der Waals surface area (Å²) in [6, 6.07) is 3.17. The Morgan fingerprint density at radius 3 is 2.70 bits per heavy atom. The van der Waals surface area contributed by atoms with Gasteiger partial charge in [-0.1, -0.05) is 13.8 Å². The Bertz CT molecular complexity index is 603. The molecule has 2 amide bonds. The lowest BCUT2D eigenvalue weighted by molar-refractivity contribution is -0.139. The third-order valence-electron chi connectivity index (χ3n) is 2.61. The maximum absolute atomic E-state index is 11.5. The molecule has 3 N–H and O–H groups in total. The van der Waals surface area contributed by atoms with E-state index in [1.165, 1.54) is 6.21 Å². The van der Waals surface area contributed by atoms with E-state index in [2.05, 4.69) is 31.8 Å². The second-order valence-corrected chi connectivity index (χ2v) is 5.94. The molecule has 0 spiro atoms. The Morgan fingerprint density at radius 1 is 1.39 bits per heavy atom. The first-order valence-corrected chi connectivity index (χ1v) is 7.91. The highest BCUT2D eigenvalue weighted by Gasteiger charge is 2.12. The van der Waals surface area contributed by atoms with Crippen LogP contribution in [0.15, 0.2) is 21.7 Å². The summed E-state index contributed by atoms with van der Waals surface area (Å²) in [5.74, 6) is -1.05. The van der Waals surface area contributed by atoms with Crippen molar-refractivity contribution in [3.63, 3.8) is 0 Å². The van der Waals surface area contributed by atoms with Gasteiger partial charge < -0.3 is 15.2 Å². The number of phenols is 1. The molecule has 0 bridgehead atoms. The number of nitrogens with one attached hydrogen (secondary N) is 2. The van der Waals surface area contributed by atoms with Gasteiger partial charge in [0, 0.05) is 6.54 Å². The average molecular weight is 386 g/mol. The fourth-order valence-corrected chi connectivity index (χ4v) is 1.99. The predicted octanol–water partition coefficient (Wildman–Crippen LogP) is 1.78. The molecule has 126 valence electrons. The van der Waals surface area contributed by atoms with Gasteiger partial charge in [-0.3, -0.25) is 9.59 Å². The first-order chi connectivity index (χ1) is 10.8. The molecule has 23 heavy (non-hydrogen) atoms. The maximum atomic E-state index is 11.5. The van der Waals surface area contributed by atoms with Crippen molar-refractivity contribution < 1.29 is 19.4 Å². The van der Waals surface area contributed by atoms with Crippen LogP contribution < -0.4 is 15.5 Å². The van der Waals surface area contributed by atoms with E-state index in [0.717, 1.165) is 0 Å². The van der Waals surface area contributed by atoms with Crippen LogP contribution in [0.3, 0.4) is 0 Å². The van der Waals surface area contributed by atoms with Crippen LogP contribution in [-0.2, 0) is 9.59 Å². The number of carbonyl (C=O) groups excluding carboxylic acids is 2. The third-order valence-corrected chi connectivity index (χ3v) is 3.21. The van der Waals surface area contributed by atoms with Crippen molar-refractivity contribution in [2.24, 2.45) is 11.0 Å². The van der Waals surface area contributed by atoms with Crippen molar-refractivity contribution in [3.8, 4) is 11.5 Å². The molecule has 0 aliphatic rings. The van der Waals surface area contributed by atoms with Crippen LogP contribution >= 0.6 is 15.9 Å². The summed E-state index contributed by atoms with van der Waals surface area (Å²) in [6.45, 7) is 6.46. The van der Waals surface area contributed by atoms with Crippen LogP contribution in [0.4, 0.5) is 0 Å². The summed E-state index contributed by atoms with van der Waals surface area (Å²) < 4.78 is 5.72. The first-order valence-electron chi connectivity index (χ1n) is 7.11. The highest BCUT2D eigenvalue weighted by molar-refractivity contribution is 9.10. The second-order valence-electron chi connectivity index (χ2n) is 5.09. The van der Waals surface area contributed by atoms with Gasteiger partial charge in [-0.25, -0.2) is 5.43 Å². The molecule has 0 radical (unpaired) electrons. The number of rotatable bonds is 6. The fraction of sp³-hybridized carbons (Fsp3) is 0.400. The summed E-state index contributed by atoms with van der Waals surface area (Å²) >= 11 is 3.20. The van der Waals surface area contributed by atoms with Crippen molar-refractivity contribution in [2.75, 3.05) is 13.2 Å². The molecule has 0 atom stereocenters. The van der Waals surface area contributed by atoms with E-state index in [1.807, 2.05) is 13.8 Å². The molecule has 0 aromatic heterocycles. The number of hydrogen-bond acceptors (Lipinski definition) is 5. The quantitative estimate of drug-likeness (QED) is 0.394. The van der Waals surface area contributed by atoms with E-state index >= 15 is 0 Å². The molecule has 7 nitrogen and oxygen atoms in total. The number of benzene rings is 1. The number of hydrazone groups is 1. The van der Waals surface area contributed by atoms with Gasteiger partial charge in [-0.05, 0) is 46.5 Å². The minimum absolute atomic E-state index is 0.0129. The molecular weight excluding hydrogens is 366 g/mol. The van der Waals surface area contributed by atoms with E-state index in [9.17, 15) is 14.7 Å². The lowest BCUT2D eigenvalue weighted by atomic mass is 10.2. The zero-order valence-corrected chi connectivity index (χ0v) is 14.8. The van der Waals surface area contributed by atoms with Crippen molar-refractivity contribution in [3.05, 3.63) is 22.2 Å². The van der Waals surface area contributed by atoms with Crippen molar-refractivity contribution >= 4 is 34.0 Å². The SMILES string of the molecule is CCOc1cc(/C=N/NC(=O)C(=O)NCC(C)C)cc(Br)c1O. The number of amides is 2. The van der Waals surface area contributed by atoms with Gasteiger partial charge in [0.15, 0.2) is 11.5 Å². The van der Waals surface area contributed by atoms with Crippen LogP contribution in [0.2, 0.25) is 0 Å². The Morgan fingerprint density at radius 2 is 2.09 bits per heavy atom. The monoisotopic (exact) mass is 385 g/mol. The van der Waals surface area contributed by atoms with Gasteiger partial charge in [0.05, 0.1) is 17.3 Å². The van der Waals surface area contributed by atoms with Crippen LogP contribution in [0.25, 0.3) is 0 Å². The topological polar surface area (TPSA) is 100 Å². The second kappa shape index (κ2) is 9.14. The van der Waals surface area contributed by atoms with Gasteiger partial charge in [-0.15, -0.1) is 0 Å². The maximum Gasteiger partial charge on any atom is 0.329 e. The molecule has 8 heteroatoms. The number of hydrogen-bond donors (Lipinski definition) is 3. The van der Waals surface area contributed by atoms with Crippen molar-refractivity contribution in [2.45, 2.75) is 20.8 Å². The smallest absolute Gasteiger partial charge is 0.329 e. The van der Waals surface area contributed by atoms with Gasteiger partial charge in [0.2, 0.25) is 0 Å². The Hall–Kier alpha value is -2.09. The predicted molar refractivity (Wildman–Crippen MR) is 90.6 cm³/mol. The lowest BCUT2D eigenvalue weighted by Gasteiger charge is -2.08. The normalized spacial score (nSPS) is 10.8. The fourth-order valence-electron chi connectivity index (χ4n) is 1.53. The molecule has 0 aliphatic carbocycles. The molecule has 0 fully saturated rings. The standard InChI is InChI=1S/C15H20BrN3O4/c1-4-23-12-6-10(5-11(16)13(12)20)8-18-19-15(22)14(21)17-7-9(2)3/h5-6,8-9,20H,4,7H2,1-3H3,(H,17,21)(H,19,22)/b18-8+. The van der Waals surface area contributed by atoms with Crippen LogP contribution in [0.1, 0.15) is 26.3 Å². The summed E-state index contributed by atoms with van der Waals surface area (Å²) in [4.78, 5) is 23.0. The number of carbonyl (C=O) groups is 2. The number of aromatic hydroxyl groups is 1. The third kappa shape index (κ3) is 6.27. The van der Waals surface area contributed by atoms with Crippen LogP contribution in [-0.4, -0.2) is 36.3 Å². The Balaban J connectivity index is 2.67. The van der Waals surface area contributed by atoms with Gasteiger partial charge in [0.25, 0.3) is 0 Å². The van der Waals surface area contributed by atoms with Crippen molar-refractivity contribution in [1.82, 2.24) is 10.7 Å². The molecule has 0 saturated carbocycles. The number of halogens is 1. The Kier molecular flexibility index (Phi) is 7.53.